The Labute approximate surface area is 90.3 Å². The van der Waals surface area contributed by atoms with Crippen LogP contribution in [0.25, 0.3) is 0 Å². The topological polar surface area (TPSA) is 49.4 Å². The molecule has 15 heavy (non-hydrogen) atoms. The van der Waals surface area contributed by atoms with Crippen LogP contribution in [0.1, 0.15) is 27.2 Å². The molecule has 84 valence electrons. The Morgan fingerprint density at radius 2 is 2.13 bits per heavy atom. The molecule has 0 aromatic heterocycles. The minimum Gasteiger partial charge on any atom is -0.343 e. The molecule has 0 radical (unpaired) electrons. The molecule has 2 atom stereocenters. The van der Waals surface area contributed by atoms with Crippen molar-refractivity contribution >= 4 is 11.8 Å². The Morgan fingerprint density at radius 1 is 1.53 bits per heavy atom. The van der Waals surface area contributed by atoms with Crippen LogP contribution in [0.5, 0.6) is 0 Å². The molecule has 0 aromatic carbocycles. The lowest BCUT2D eigenvalue weighted by Gasteiger charge is -2.37. The van der Waals surface area contributed by atoms with Gasteiger partial charge in [-0.15, -0.1) is 0 Å². The molecule has 4 nitrogen and oxygen atoms in total. The van der Waals surface area contributed by atoms with Gasteiger partial charge >= 0.3 is 0 Å². The second-order valence-corrected chi connectivity index (χ2v) is 4.07. The SMILES string of the molecule is C=C(C)CN1C(=O)C(CC)NC(=O)C1C. The van der Waals surface area contributed by atoms with Gasteiger partial charge in [-0.25, -0.2) is 0 Å². The first-order valence-electron chi connectivity index (χ1n) is 5.22. The van der Waals surface area contributed by atoms with E-state index in [1.54, 1.807) is 11.8 Å². The summed E-state index contributed by atoms with van der Waals surface area (Å²) in [5.74, 6) is -0.0877. The summed E-state index contributed by atoms with van der Waals surface area (Å²) in [6, 6.07) is -0.759. The highest BCUT2D eigenvalue weighted by molar-refractivity contribution is 5.96. The molecular formula is C11H18N2O2. The van der Waals surface area contributed by atoms with Crippen molar-refractivity contribution in [3.63, 3.8) is 0 Å². The van der Waals surface area contributed by atoms with Gasteiger partial charge in [-0.3, -0.25) is 9.59 Å². The molecule has 0 bridgehead atoms. The molecule has 1 N–H and O–H groups in total. The molecule has 0 aromatic rings. The smallest absolute Gasteiger partial charge is 0.246 e. The highest BCUT2D eigenvalue weighted by Gasteiger charge is 2.36. The summed E-state index contributed by atoms with van der Waals surface area (Å²) < 4.78 is 0. The van der Waals surface area contributed by atoms with E-state index < -0.39 is 6.04 Å². The Kier molecular flexibility index (Phi) is 3.50. The van der Waals surface area contributed by atoms with Crippen molar-refractivity contribution in [1.29, 1.82) is 0 Å². The fourth-order valence-corrected chi connectivity index (χ4v) is 1.67. The van der Waals surface area contributed by atoms with Crippen LogP contribution in [0.2, 0.25) is 0 Å². The number of hydrogen-bond donors (Lipinski definition) is 1. The van der Waals surface area contributed by atoms with Crippen LogP contribution in [-0.4, -0.2) is 35.3 Å². The van der Waals surface area contributed by atoms with Gasteiger partial charge in [0, 0.05) is 6.54 Å². The van der Waals surface area contributed by atoms with E-state index in [2.05, 4.69) is 11.9 Å². The largest absolute Gasteiger partial charge is 0.343 e. The van der Waals surface area contributed by atoms with E-state index in [0.717, 1.165) is 5.57 Å². The molecule has 1 heterocycles. The number of nitrogens with one attached hydrogen (secondary N) is 1. The van der Waals surface area contributed by atoms with Crippen LogP contribution in [-0.2, 0) is 9.59 Å². The Hall–Kier alpha value is -1.32. The summed E-state index contributed by atoms with van der Waals surface area (Å²) in [6.07, 6.45) is 0.629. The van der Waals surface area contributed by atoms with Crippen LogP contribution in [0.3, 0.4) is 0 Å². The second kappa shape index (κ2) is 4.47. The highest BCUT2D eigenvalue weighted by Crippen LogP contribution is 2.13. The van der Waals surface area contributed by atoms with Gasteiger partial charge in [-0.05, 0) is 20.3 Å². The van der Waals surface area contributed by atoms with Crippen molar-refractivity contribution in [2.24, 2.45) is 0 Å². The number of nitrogens with zero attached hydrogens (tertiary/aromatic N) is 1. The van der Waals surface area contributed by atoms with Gasteiger partial charge in [0.15, 0.2) is 0 Å². The third kappa shape index (κ3) is 2.37. The fourth-order valence-electron chi connectivity index (χ4n) is 1.67. The van der Waals surface area contributed by atoms with Gasteiger partial charge in [0.05, 0.1) is 0 Å². The lowest BCUT2D eigenvalue weighted by Crippen LogP contribution is -2.62. The molecule has 4 heteroatoms. The normalized spacial score (nSPS) is 26.5. The maximum atomic E-state index is 11.9. The summed E-state index contributed by atoms with van der Waals surface area (Å²) in [7, 11) is 0. The van der Waals surface area contributed by atoms with Crippen LogP contribution in [0, 0.1) is 0 Å². The predicted octanol–water partition coefficient (Wildman–Crippen LogP) is 0.688. The summed E-state index contributed by atoms with van der Waals surface area (Å²) in [4.78, 5) is 25.1. The van der Waals surface area contributed by atoms with Gasteiger partial charge < -0.3 is 10.2 Å². The Balaban J connectivity index is 2.84. The summed E-state index contributed by atoms with van der Waals surface area (Å²) in [5.41, 5.74) is 0.889. The minimum absolute atomic E-state index is 0.00685. The number of amides is 2. The lowest BCUT2D eigenvalue weighted by atomic mass is 10.1. The van der Waals surface area contributed by atoms with E-state index >= 15 is 0 Å². The van der Waals surface area contributed by atoms with Crippen molar-refractivity contribution in [3.8, 4) is 0 Å². The van der Waals surface area contributed by atoms with Crippen LogP contribution < -0.4 is 5.32 Å². The third-order valence-electron chi connectivity index (χ3n) is 2.59. The maximum absolute atomic E-state index is 11.9. The average Bonchev–Trinajstić information content (AvgIpc) is 2.18. The van der Waals surface area contributed by atoms with E-state index in [4.69, 9.17) is 0 Å². The molecule has 1 fully saturated rings. The fraction of sp³-hybridized carbons (Fsp3) is 0.636. The first-order valence-corrected chi connectivity index (χ1v) is 5.22. The van der Waals surface area contributed by atoms with Crippen LogP contribution in [0.4, 0.5) is 0 Å². The number of carbonyl (C=O) groups excluding carboxylic acids is 2. The van der Waals surface area contributed by atoms with Gasteiger partial charge in [0.2, 0.25) is 11.8 Å². The number of carbonyl (C=O) groups is 2. The van der Waals surface area contributed by atoms with Gasteiger partial charge in [0.1, 0.15) is 12.1 Å². The molecule has 1 aliphatic rings. The van der Waals surface area contributed by atoms with Crippen molar-refractivity contribution < 1.29 is 9.59 Å². The van der Waals surface area contributed by atoms with Gasteiger partial charge in [-0.1, -0.05) is 19.1 Å². The predicted molar refractivity (Wildman–Crippen MR) is 58.2 cm³/mol. The Morgan fingerprint density at radius 3 is 2.60 bits per heavy atom. The maximum Gasteiger partial charge on any atom is 0.246 e. The molecule has 1 saturated heterocycles. The zero-order chi connectivity index (χ0) is 11.6. The third-order valence-corrected chi connectivity index (χ3v) is 2.59. The lowest BCUT2D eigenvalue weighted by molar-refractivity contribution is -0.148. The zero-order valence-corrected chi connectivity index (χ0v) is 9.54. The minimum atomic E-state index is -0.392. The molecule has 1 rings (SSSR count). The molecule has 0 aliphatic carbocycles. The summed E-state index contributed by atoms with van der Waals surface area (Å²) >= 11 is 0. The van der Waals surface area contributed by atoms with E-state index in [1.807, 2.05) is 13.8 Å². The van der Waals surface area contributed by atoms with Crippen molar-refractivity contribution in [3.05, 3.63) is 12.2 Å². The number of rotatable bonds is 3. The van der Waals surface area contributed by atoms with Crippen molar-refractivity contribution in [2.75, 3.05) is 6.54 Å². The second-order valence-electron chi connectivity index (χ2n) is 4.07. The molecule has 2 unspecified atom stereocenters. The first-order chi connectivity index (χ1) is 6.97. The summed E-state index contributed by atoms with van der Waals surface area (Å²) in [6.45, 7) is 9.71. The quantitative estimate of drug-likeness (QED) is 0.697. The van der Waals surface area contributed by atoms with E-state index in [0.29, 0.717) is 13.0 Å². The highest BCUT2D eigenvalue weighted by atomic mass is 16.2. The first kappa shape index (κ1) is 11.8. The standard InChI is InChI=1S/C11H18N2O2/c1-5-9-11(15)13(6-7(2)3)8(4)10(14)12-9/h8-9H,2,5-6H2,1,3-4H3,(H,12,14). The van der Waals surface area contributed by atoms with Gasteiger partial charge in [0.25, 0.3) is 0 Å². The Bertz CT molecular complexity index is 299. The summed E-state index contributed by atoms with van der Waals surface area (Å²) in [5, 5.41) is 2.71. The van der Waals surface area contributed by atoms with Crippen LogP contribution in [0.15, 0.2) is 12.2 Å². The zero-order valence-electron chi connectivity index (χ0n) is 9.54. The number of piperazine rings is 1. The van der Waals surface area contributed by atoms with E-state index in [9.17, 15) is 9.59 Å². The molecule has 0 spiro atoms. The van der Waals surface area contributed by atoms with Gasteiger partial charge in [-0.2, -0.15) is 0 Å². The average molecular weight is 210 g/mol. The van der Waals surface area contributed by atoms with Crippen LogP contribution >= 0.6 is 0 Å². The van der Waals surface area contributed by atoms with E-state index in [-0.39, 0.29) is 17.9 Å². The van der Waals surface area contributed by atoms with E-state index in [1.165, 1.54) is 0 Å². The monoisotopic (exact) mass is 210 g/mol. The number of hydrogen-bond acceptors (Lipinski definition) is 2. The van der Waals surface area contributed by atoms with Crippen molar-refractivity contribution in [1.82, 2.24) is 10.2 Å². The molecular weight excluding hydrogens is 192 g/mol. The molecule has 2 amide bonds. The molecule has 0 saturated carbocycles. The van der Waals surface area contributed by atoms with Crippen molar-refractivity contribution in [2.45, 2.75) is 39.3 Å². The molecule has 1 aliphatic heterocycles.